The van der Waals surface area contributed by atoms with Gasteiger partial charge in [-0.1, -0.05) is 18.2 Å². The quantitative estimate of drug-likeness (QED) is 0.630. The molecule has 0 spiro atoms. The average molecular weight is 330 g/mol. The van der Waals surface area contributed by atoms with Gasteiger partial charge in [-0.25, -0.2) is 0 Å². The monoisotopic (exact) mass is 330 g/mol. The summed E-state index contributed by atoms with van der Waals surface area (Å²) in [6, 6.07) is 7.98. The predicted octanol–water partition coefficient (Wildman–Crippen LogP) is 3.03. The Morgan fingerprint density at radius 3 is 2.91 bits per heavy atom. The predicted molar refractivity (Wildman–Crippen MR) is 98.2 cm³/mol. The van der Waals surface area contributed by atoms with Crippen LogP contribution in [0.25, 0.3) is 0 Å². The normalized spacial score (nSPS) is 10.2. The number of hydrogen-bond acceptors (Lipinski definition) is 3. The summed E-state index contributed by atoms with van der Waals surface area (Å²) in [6.07, 6.45) is 1.76. The highest BCUT2D eigenvalue weighted by Gasteiger charge is 2.13. The number of methoxy groups -OCH3 is 1. The van der Waals surface area contributed by atoms with E-state index in [9.17, 15) is 0 Å². The number of aryl methyl sites for hydroxylation is 1. The van der Waals surface area contributed by atoms with E-state index in [1.165, 1.54) is 0 Å². The smallest absolute Gasteiger partial charge is 0.171 e. The first-order chi connectivity index (χ1) is 11.0. The fourth-order valence-electron chi connectivity index (χ4n) is 2.30. The van der Waals surface area contributed by atoms with Crippen LogP contribution in [0, 0.1) is 13.8 Å². The number of nitrogens with zero attached hydrogens (tertiary/aromatic N) is 2. The van der Waals surface area contributed by atoms with Crippen molar-refractivity contribution in [2.45, 2.75) is 20.4 Å². The van der Waals surface area contributed by atoms with E-state index in [1.54, 1.807) is 13.2 Å². The zero-order chi connectivity index (χ0) is 16.8. The molecule has 2 rings (SSSR count). The summed E-state index contributed by atoms with van der Waals surface area (Å²) >= 11 is 5.27. The summed E-state index contributed by atoms with van der Waals surface area (Å²) in [5.74, 6) is 0.845. The molecule has 0 unspecified atom stereocenters. The fraction of sp³-hybridized carbons (Fsp3) is 0.294. The van der Waals surface area contributed by atoms with Gasteiger partial charge >= 0.3 is 0 Å². The molecule has 1 heterocycles. The highest BCUT2D eigenvalue weighted by Crippen LogP contribution is 2.21. The first-order valence-electron chi connectivity index (χ1n) is 7.37. The van der Waals surface area contributed by atoms with Gasteiger partial charge in [0.15, 0.2) is 5.11 Å². The number of benzene rings is 1. The van der Waals surface area contributed by atoms with Gasteiger partial charge in [-0.2, -0.15) is 5.10 Å². The molecule has 5 nitrogen and oxygen atoms in total. The van der Waals surface area contributed by atoms with E-state index in [1.807, 2.05) is 36.7 Å². The molecule has 0 atom stereocenters. The molecule has 0 aliphatic rings. The van der Waals surface area contributed by atoms with Gasteiger partial charge in [-0.3, -0.25) is 4.68 Å². The Kier molecular flexibility index (Phi) is 5.76. The highest BCUT2D eigenvalue weighted by molar-refractivity contribution is 7.80. The lowest BCUT2D eigenvalue weighted by Gasteiger charge is -2.10. The molecule has 0 aliphatic carbocycles. The Morgan fingerprint density at radius 1 is 1.43 bits per heavy atom. The minimum absolute atomic E-state index is 0.567. The molecule has 1 aromatic carbocycles. The van der Waals surface area contributed by atoms with E-state index in [-0.39, 0.29) is 0 Å². The molecule has 1 aromatic heterocycles. The van der Waals surface area contributed by atoms with Crippen LogP contribution in [0.4, 0.5) is 5.69 Å². The van der Waals surface area contributed by atoms with Crippen LogP contribution in [-0.2, 0) is 6.54 Å². The van der Waals surface area contributed by atoms with Crippen molar-refractivity contribution in [3.63, 3.8) is 0 Å². The third-order valence-electron chi connectivity index (χ3n) is 3.49. The maximum atomic E-state index is 5.27. The van der Waals surface area contributed by atoms with Gasteiger partial charge in [-0.05, 0) is 43.8 Å². The van der Waals surface area contributed by atoms with E-state index < -0.39 is 0 Å². The van der Waals surface area contributed by atoms with Crippen LogP contribution in [-0.4, -0.2) is 28.5 Å². The molecular formula is C17H22N4OS. The average Bonchev–Trinajstić information content (AvgIpc) is 2.80. The van der Waals surface area contributed by atoms with Crippen LogP contribution in [0.3, 0.4) is 0 Å². The number of hydrogen-bond donors (Lipinski definition) is 2. The van der Waals surface area contributed by atoms with Crippen LogP contribution in [0.1, 0.15) is 17.0 Å². The Bertz CT molecular complexity index is 709. The first-order valence-corrected chi connectivity index (χ1v) is 7.78. The number of ether oxygens (including phenoxy) is 1. The molecule has 0 amide bonds. The second-order valence-electron chi connectivity index (χ2n) is 5.18. The summed E-state index contributed by atoms with van der Waals surface area (Å²) in [6.45, 7) is 8.96. The van der Waals surface area contributed by atoms with Crippen LogP contribution in [0.2, 0.25) is 0 Å². The van der Waals surface area contributed by atoms with Gasteiger partial charge in [0.05, 0.1) is 30.7 Å². The molecule has 0 aliphatic heterocycles. The van der Waals surface area contributed by atoms with Crippen molar-refractivity contribution in [1.29, 1.82) is 0 Å². The van der Waals surface area contributed by atoms with E-state index >= 15 is 0 Å². The van der Waals surface area contributed by atoms with Crippen LogP contribution in [0.5, 0.6) is 5.75 Å². The van der Waals surface area contributed by atoms with Crippen molar-refractivity contribution in [1.82, 2.24) is 15.1 Å². The Labute approximate surface area is 142 Å². The molecule has 122 valence electrons. The SMILES string of the molecule is C=CCNC(=S)Nc1c(C)nn(Cc2cccc(OC)c2)c1C. The zero-order valence-electron chi connectivity index (χ0n) is 13.7. The van der Waals surface area contributed by atoms with Crippen LogP contribution in [0.15, 0.2) is 36.9 Å². The summed E-state index contributed by atoms with van der Waals surface area (Å²) in [5.41, 5.74) is 4.02. The minimum atomic E-state index is 0.567. The minimum Gasteiger partial charge on any atom is -0.497 e. The van der Waals surface area contributed by atoms with Crippen LogP contribution < -0.4 is 15.4 Å². The lowest BCUT2D eigenvalue weighted by Crippen LogP contribution is -2.28. The molecule has 0 saturated heterocycles. The van der Waals surface area contributed by atoms with Crippen molar-refractivity contribution in [2.75, 3.05) is 19.0 Å². The Balaban J connectivity index is 2.16. The van der Waals surface area contributed by atoms with Gasteiger partial charge in [-0.15, -0.1) is 6.58 Å². The number of nitrogens with one attached hydrogen (secondary N) is 2. The summed E-state index contributed by atoms with van der Waals surface area (Å²) < 4.78 is 7.23. The van der Waals surface area contributed by atoms with E-state index in [0.29, 0.717) is 18.2 Å². The van der Waals surface area contributed by atoms with Crippen molar-refractivity contribution in [2.24, 2.45) is 0 Å². The van der Waals surface area contributed by atoms with Gasteiger partial charge in [0.1, 0.15) is 5.75 Å². The number of rotatable bonds is 6. The van der Waals surface area contributed by atoms with Gasteiger partial charge in [0, 0.05) is 6.54 Å². The molecule has 0 fully saturated rings. The van der Waals surface area contributed by atoms with Crippen molar-refractivity contribution >= 4 is 23.0 Å². The van der Waals surface area contributed by atoms with E-state index in [4.69, 9.17) is 17.0 Å². The van der Waals surface area contributed by atoms with Crippen molar-refractivity contribution in [3.05, 3.63) is 53.9 Å². The Morgan fingerprint density at radius 2 is 2.22 bits per heavy atom. The van der Waals surface area contributed by atoms with Gasteiger partial charge in [0.2, 0.25) is 0 Å². The van der Waals surface area contributed by atoms with E-state index in [0.717, 1.165) is 28.4 Å². The molecule has 0 saturated carbocycles. The van der Waals surface area contributed by atoms with Crippen molar-refractivity contribution < 1.29 is 4.74 Å². The standard InChI is InChI=1S/C17H22N4OS/c1-5-9-18-17(23)19-16-12(2)20-21(13(16)3)11-14-7-6-8-15(10-14)22-4/h5-8,10H,1,9,11H2,2-4H3,(H2,18,19,23). The maximum Gasteiger partial charge on any atom is 0.171 e. The molecular weight excluding hydrogens is 308 g/mol. The lowest BCUT2D eigenvalue weighted by molar-refractivity contribution is 0.414. The second-order valence-corrected chi connectivity index (χ2v) is 5.59. The third kappa shape index (κ3) is 4.32. The first kappa shape index (κ1) is 17.0. The Hall–Kier alpha value is -2.34. The molecule has 2 N–H and O–H groups in total. The van der Waals surface area contributed by atoms with Crippen LogP contribution >= 0.6 is 12.2 Å². The van der Waals surface area contributed by atoms with Gasteiger partial charge in [0.25, 0.3) is 0 Å². The number of thiocarbonyl (C=S) groups is 1. The molecule has 0 radical (unpaired) electrons. The topological polar surface area (TPSA) is 51.1 Å². The number of anilines is 1. The third-order valence-corrected chi connectivity index (χ3v) is 3.74. The highest BCUT2D eigenvalue weighted by atomic mass is 32.1. The zero-order valence-corrected chi connectivity index (χ0v) is 14.5. The maximum absolute atomic E-state index is 5.27. The molecule has 2 aromatic rings. The molecule has 6 heteroatoms. The summed E-state index contributed by atoms with van der Waals surface area (Å²) in [7, 11) is 1.67. The molecule has 23 heavy (non-hydrogen) atoms. The largest absolute Gasteiger partial charge is 0.497 e. The van der Waals surface area contributed by atoms with Crippen molar-refractivity contribution in [3.8, 4) is 5.75 Å². The summed E-state index contributed by atoms with van der Waals surface area (Å²) in [5, 5.41) is 11.4. The number of aromatic nitrogens is 2. The van der Waals surface area contributed by atoms with Gasteiger partial charge < -0.3 is 15.4 Å². The second kappa shape index (κ2) is 7.78. The lowest BCUT2D eigenvalue weighted by atomic mass is 10.2. The fourth-order valence-corrected chi connectivity index (χ4v) is 2.48. The van der Waals surface area contributed by atoms with E-state index in [2.05, 4.69) is 28.4 Å². The molecule has 0 bridgehead atoms. The summed E-state index contributed by atoms with van der Waals surface area (Å²) in [4.78, 5) is 0.